The first-order valence-electron chi connectivity index (χ1n) is 8.76. The fourth-order valence-corrected chi connectivity index (χ4v) is 3.12. The number of hydrogen-bond donors (Lipinski definition) is 1. The van der Waals surface area contributed by atoms with Crippen LogP contribution in [0.1, 0.15) is 24.3 Å². The van der Waals surface area contributed by atoms with Crippen molar-refractivity contribution < 1.29 is 9.53 Å². The number of amides is 1. The SMILES string of the molecule is CN(C)C(=O)CN=C(NCC1CCCCO1)N(C)CCc1nccs1.I. The van der Waals surface area contributed by atoms with Crippen molar-refractivity contribution in [3.8, 4) is 0 Å². The van der Waals surface area contributed by atoms with Gasteiger partial charge in [-0.2, -0.15) is 0 Å². The van der Waals surface area contributed by atoms with Crippen molar-refractivity contribution in [3.63, 3.8) is 0 Å². The van der Waals surface area contributed by atoms with Gasteiger partial charge in [-0.15, -0.1) is 35.3 Å². The average molecular weight is 495 g/mol. The highest BCUT2D eigenvalue weighted by molar-refractivity contribution is 14.0. The summed E-state index contributed by atoms with van der Waals surface area (Å²) < 4.78 is 5.77. The maximum Gasteiger partial charge on any atom is 0.243 e. The molecule has 1 aliphatic heterocycles. The standard InChI is InChI=1S/C17H29N5O2S.HI/c1-21(2)16(23)13-20-17(19-12-14-6-4-5-10-24-14)22(3)9-7-15-18-8-11-25-15;/h8,11,14H,4-7,9-10,12-13H2,1-3H3,(H,19,20);1H. The highest BCUT2D eigenvalue weighted by Gasteiger charge is 2.16. The van der Waals surface area contributed by atoms with Gasteiger partial charge < -0.3 is 19.9 Å². The maximum absolute atomic E-state index is 11.9. The minimum Gasteiger partial charge on any atom is -0.376 e. The lowest BCUT2D eigenvalue weighted by Crippen LogP contribution is -2.44. The fraction of sp³-hybridized carbons (Fsp3) is 0.706. The molecule has 2 heterocycles. The van der Waals surface area contributed by atoms with Crippen molar-refractivity contribution >= 4 is 47.2 Å². The first kappa shape index (κ1) is 23.1. The van der Waals surface area contributed by atoms with Gasteiger partial charge in [-0.1, -0.05) is 0 Å². The number of ether oxygens (including phenoxy) is 1. The molecular weight excluding hydrogens is 465 g/mol. The number of aromatic nitrogens is 1. The molecule has 0 saturated carbocycles. The summed E-state index contributed by atoms with van der Waals surface area (Å²) in [7, 11) is 5.47. The van der Waals surface area contributed by atoms with Crippen LogP contribution < -0.4 is 5.32 Å². The van der Waals surface area contributed by atoms with E-state index in [1.165, 1.54) is 6.42 Å². The van der Waals surface area contributed by atoms with Gasteiger partial charge in [0.05, 0.1) is 11.1 Å². The molecule has 1 aromatic rings. The van der Waals surface area contributed by atoms with Crippen LogP contribution in [0.15, 0.2) is 16.6 Å². The van der Waals surface area contributed by atoms with Gasteiger partial charge in [0, 0.05) is 58.8 Å². The lowest BCUT2D eigenvalue weighted by Gasteiger charge is -2.27. The van der Waals surface area contributed by atoms with Gasteiger partial charge in [0.15, 0.2) is 5.96 Å². The molecule has 1 atom stereocenters. The van der Waals surface area contributed by atoms with E-state index in [1.54, 1.807) is 30.3 Å². The number of nitrogens with one attached hydrogen (secondary N) is 1. The molecule has 0 aromatic carbocycles. The summed E-state index contributed by atoms with van der Waals surface area (Å²) in [4.78, 5) is 24.3. The molecule has 1 N–H and O–H groups in total. The summed E-state index contributed by atoms with van der Waals surface area (Å²) in [6.07, 6.45) is 6.32. The molecule has 1 unspecified atom stereocenters. The Hall–Kier alpha value is -0.940. The quantitative estimate of drug-likeness (QED) is 0.355. The summed E-state index contributed by atoms with van der Waals surface area (Å²) in [5.41, 5.74) is 0. The molecule has 9 heteroatoms. The molecule has 0 aliphatic carbocycles. The maximum atomic E-state index is 11.9. The molecule has 1 aliphatic rings. The Morgan fingerprint density at radius 1 is 1.42 bits per heavy atom. The zero-order valence-corrected chi connectivity index (χ0v) is 19.0. The van der Waals surface area contributed by atoms with Gasteiger partial charge in [-0.3, -0.25) is 4.79 Å². The van der Waals surface area contributed by atoms with Crippen molar-refractivity contribution in [1.82, 2.24) is 20.1 Å². The number of aliphatic imine (C=N–C) groups is 1. The molecule has 26 heavy (non-hydrogen) atoms. The molecule has 1 fully saturated rings. The number of halogens is 1. The van der Waals surface area contributed by atoms with E-state index in [0.29, 0.717) is 0 Å². The number of hydrogen-bond acceptors (Lipinski definition) is 5. The molecule has 2 rings (SSSR count). The predicted molar refractivity (Wildman–Crippen MR) is 116 cm³/mol. The zero-order chi connectivity index (χ0) is 18.1. The van der Waals surface area contributed by atoms with Crippen molar-refractivity contribution in [2.45, 2.75) is 31.8 Å². The van der Waals surface area contributed by atoms with Gasteiger partial charge in [0.2, 0.25) is 5.91 Å². The van der Waals surface area contributed by atoms with Crippen LogP contribution in [-0.2, 0) is 16.0 Å². The number of rotatable bonds is 7. The summed E-state index contributed by atoms with van der Waals surface area (Å²) in [6, 6.07) is 0. The molecular formula is C17H30IN5O2S. The highest BCUT2D eigenvalue weighted by atomic mass is 127. The smallest absolute Gasteiger partial charge is 0.243 e. The van der Waals surface area contributed by atoms with E-state index in [9.17, 15) is 4.79 Å². The molecule has 7 nitrogen and oxygen atoms in total. The van der Waals surface area contributed by atoms with Crippen LogP contribution in [0.25, 0.3) is 0 Å². The first-order valence-corrected chi connectivity index (χ1v) is 9.64. The van der Waals surface area contributed by atoms with E-state index in [1.807, 2.05) is 23.5 Å². The fourth-order valence-electron chi connectivity index (χ4n) is 2.51. The third kappa shape index (κ3) is 8.17. The minimum atomic E-state index is -0.0125. The summed E-state index contributed by atoms with van der Waals surface area (Å²) in [6.45, 7) is 2.48. The largest absolute Gasteiger partial charge is 0.376 e. The second-order valence-corrected chi connectivity index (χ2v) is 7.37. The van der Waals surface area contributed by atoms with Crippen molar-refractivity contribution in [1.29, 1.82) is 0 Å². The van der Waals surface area contributed by atoms with E-state index in [4.69, 9.17) is 4.74 Å². The van der Waals surface area contributed by atoms with Crippen LogP contribution in [0.5, 0.6) is 0 Å². The summed E-state index contributed by atoms with van der Waals surface area (Å²) in [5, 5.41) is 6.46. The Morgan fingerprint density at radius 3 is 2.85 bits per heavy atom. The van der Waals surface area contributed by atoms with Gasteiger partial charge in [0.1, 0.15) is 6.54 Å². The third-order valence-electron chi connectivity index (χ3n) is 4.13. The third-order valence-corrected chi connectivity index (χ3v) is 4.97. The van der Waals surface area contributed by atoms with Crippen molar-refractivity contribution in [2.24, 2.45) is 4.99 Å². The Bertz CT molecular complexity index is 547. The van der Waals surface area contributed by atoms with Gasteiger partial charge in [-0.05, 0) is 19.3 Å². The van der Waals surface area contributed by atoms with E-state index < -0.39 is 0 Å². The van der Waals surface area contributed by atoms with Gasteiger partial charge >= 0.3 is 0 Å². The number of guanidine groups is 1. The second kappa shape index (κ2) is 12.4. The minimum absolute atomic E-state index is 0. The normalized spacial score (nSPS) is 17.3. The highest BCUT2D eigenvalue weighted by Crippen LogP contribution is 2.11. The Morgan fingerprint density at radius 2 is 2.23 bits per heavy atom. The average Bonchev–Trinajstić information content (AvgIpc) is 3.13. The molecule has 1 amide bonds. The van der Waals surface area contributed by atoms with Crippen LogP contribution in [-0.4, -0.2) is 80.1 Å². The first-order chi connectivity index (χ1) is 12.1. The van der Waals surface area contributed by atoms with E-state index >= 15 is 0 Å². The lowest BCUT2D eigenvalue weighted by molar-refractivity contribution is -0.127. The van der Waals surface area contributed by atoms with Gasteiger partial charge in [0.25, 0.3) is 0 Å². The number of thiazole rings is 1. The number of carbonyl (C=O) groups is 1. The lowest BCUT2D eigenvalue weighted by atomic mass is 10.1. The Kier molecular flexibility index (Phi) is 11.1. The monoisotopic (exact) mass is 495 g/mol. The zero-order valence-electron chi connectivity index (χ0n) is 15.8. The number of carbonyl (C=O) groups excluding carboxylic acids is 1. The molecule has 0 spiro atoms. The Balaban J connectivity index is 0.00000338. The topological polar surface area (TPSA) is 70.1 Å². The van der Waals surface area contributed by atoms with E-state index in [0.717, 1.165) is 49.9 Å². The van der Waals surface area contributed by atoms with Crippen LogP contribution in [0.4, 0.5) is 0 Å². The summed E-state index contributed by atoms with van der Waals surface area (Å²) in [5.74, 6) is 0.725. The van der Waals surface area contributed by atoms with Gasteiger partial charge in [-0.25, -0.2) is 9.98 Å². The van der Waals surface area contributed by atoms with Crippen LogP contribution in [0.3, 0.4) is 0 Å². The van der Waals surface area contributed by atoms with Crippen LogP contribution >= 0.6 is 35.3 Å². The molecule has 1 saturated heterocycles. The predicted octanol–water partition coefficient (Wildman–Crippen LogP) is 1.84. The summed E-state index contributed by atoms with van der Waals surface area (Å²) >= 11 is 1.66. The molecule has 0 radical (unpaired) electrons. The van der Waals surface area contributed by atoms with E-state index in [2.05, 4.69) is 15.3 Å². The number of likely N-dealkylation sites (N-methyl/N-ethyl adjacent to an activating group) is 2. The molecule has 148 valence electrons. The van der Waals surface area contributed by atoms with Crippen molar-refractivity contribution in [3.05, 3.63) is 16.6 Å². The molecule has 0 bridgehead atoms. The van der Waals surface area contributed by atoms with Crippen LogP contribution in [0, 0.1) is 0 Å². The van der Waals surface area contributed by atoms with Crippen molar-refractivity contribution in [2.75, 3.05) is 47.4 Å². The van der Waals surface area contributed by atoms with E-state index in [-0.39, 0.29) is 42.5 Å². The second-order valence-electron chi connectivity index (χ2n) is 6.39. The van der Waals surface area contributed by atoms with Crippen LogP contribution in [0.2, 0.25) is 0 Å². The number of nitrogens with zero attached hydrogens (tertiary/aromatic N) is 4. The molecule has 1 aromatic heterocycles. The Labute approximate surface area is 177 Å².